The minimum atomic E-state index is -0.206. The number of carbonyl (C=O) groups excluding carboxylic acids is 2. The van der Waals surface area contributed by atoms with Gasteiger partial charge in [0.25, 0.3) is 5.91 Å². The highest BCUT2D eigenvalue weighted by Crippen LogP contribution is 2.20. The van der Waals surface area contributed by atoms with Gasteiger partial charge in [-0.25, -0.2) is 0 Å². The van der Waals surface area contributed by atoms with Crippen molar-refractivity contribution in [3.8, 4) is 11.3 Å². The van der Waals surface area contributed by atoms with Crippen molar-refractivity contribution in [1.29, 1.82) is 0 Å². The fourth-order valence-corrected chi connectivity index (χ4v) is 2.77. The molecule has 0 saturated heterocycles. The van der Waals surface area contributed by atoms with Crippen molar-refractivity contribution in [3.05, 3.63) is 71.9 Å². The number of rotatable bonds is 7. The minimum Gasteiger partial charge on any atom is -0.348 e. The largest absolute Gasteiger partial charge is 0.348 e. The number of amides is 2. The van der Waals surface area contributed by atoms with E-state index in [0.717, 1.165) is 23.2 Å². The highest BCUT2D eigenvalue weighted by molar-refractivity contribution is 5.99. The van der Waals surface area contributed by atoms with Gasteiger partial charge in [0.15, 0.2) is 0 Å². The smallest absolute Gasteiger partial charge is 0.255 e. The molecule has 3 N–H and O–H groups in total. The predicted molar refractivity (Wildman–Crippen MR) is 105 cm³/mol. The van der Waals surface area contributed by atoms with Gasteiger partial charge in [0, 0.05) is 24.2 Å². The highest BCUT2D eigenvalue weighted by atomic mass is 16.2. The lowest BCUT2D eigenvalue weighted by molar-refractivity contribution is -0.116. The molecule has 0 fully saturated rings. The van der Waals surface area contributed by atoms with E-state index in [1.165, 1.54) is 6.20 Å². The number of H-pyrrole nitrogens is 1. The first kappa shape index (κ1) is 18.4. The van der Waals surface area contributed by atoms with Crippen LogP contribution in [0.2, 0.25) is 0 Å². The fraction of sp³-hybridized carbons (Fsp3) is 0.190. The van der Waals surface area contributed by atoms with Crippen LogP contribution >= 0.6 is 0 Å². The van der Waals surface area contributed by atoms with Gasteiger partial charge in [-0.3, -0.25) is 14.7 Å². The van der Waals surface area contributed by atoms with E-state index >= 15 is 0 Å². The summed E-state index contributed by atoms with van der Waals surface area (Å²) in [7, 11) is 0. The Morgan fingerprint density at radius 2 is 1.89 bits per heavy atom. The molecule has 138 valence electrons. The van der Waals surface area contributed by atoms with E-state index in [2.05, 4.69) is 20.8 Å². The number of nitrogens with one attached hydrogen (secondary N) is 3. The highest BCUT2D eigenvalue weighted by Gasteiger charge is 2.14. The molecule has 0 saturated carbocycles. The maximum atomic E-state index is 12.6. The molecule has 6 heteroatoms. The standard InChI is InChI=1S/C21H22N4O2/c1-2-7-19(26)24-17-11-6-8-15(12-17)13-22-21(27)18-14-23-25-20(18)16-9-4-3-5-10-16/h3-6,8-12,14H,2,7,13H2,1H3,(H,22,27)(H,23,25)(H,24,26). The summed E-state index contributed by atoms with van der Waals surface area (Å²) in [6.07, 6.45) is 2.82. The van der Waals surface area contributed by atoms with Crippen LogP contribution in [0.5, 0.6) is 0 Å². The third-order valence-electron chi connectivity index (χ3n) is 4.09. The molecule has 3 rings (SSSR count). The van der Waals surface area contributed by atoms with Crippen LogP contribution in [0.3, 0.4) is 0 Å². The van der Waals surface area contributed by atoms with E-state index in [1.54, 1.807) is 0 Å². The molecule has 0 aliphatic carbocycles. The van der Waals surface area contributed by atoms with E-state index < -0.39 is 0 Å². The van der Waals surface area contributed by atoms with Crippen molar-refractivity contribution in [2.45, 2.75) is 26.3 Å². The molecule has 0 aliphatic rings. The van der Waals surface area contributed by atoms with Gasteiger partial charge in [-0.15, -0.1) is 0 Å². The molecule has 3 aromatic rings. The number of carbonyl (C=O) groups is 2. The second kappa shape index (κ2) is 8.80. The number of nitrogens with zero attached hydrogens (tertiary/aromatic N) is 1. The summed E-state index contributed by atoms with van der Waals surface area (Å²) >= 11 is 0. The first-order valence-electron chi connectivity index (χ1n) is 8.93. The van der Waals surface area contributed by atoms with Crippen LogP contribution in [-0.4, -0.2) is 22.0 Å². The third kappa shape index (κ3) is 4.82. The first-order chi connectivity index (χ1) is 13.2. The van der Waals surface area contributed by atoms with Gasteiger partial charge in [-0.05, 0) is 24.1 Å². The maximum Gasteiger partial charge on any atom is 0.255 e. The first-order valence-corrected chi connectivity index (χ1v) is 8.93. The Kier molecular flexibility index (Phi) is 5.99. The Balaban J connectivity index is 1.65. The van der Waals surface area contributed by atoms with Crippen LogP contribution in [0.15, 0.2) is 60.8 Å². The second-order valence-corrected chi connectivity index (χ2v) is 6.21. The van der Waals surface area contributed by atoms with Gasteiger partial charge in [-0.2, -0.15) is 5.10 Å². The monoisotopic (exact) mass is 362 g/mol. The zero-order valence-electron chi connectivity index (χ0n) is 15.2. The Morgan fingerprint density at radius 3 is 2.67 bits per heavy atom. The summed E-state index contributed by atoms with van der Waals surface area (Å²) in [5.74, 6) is -0.215. The molecule has 2 amide bonds. The van der Waals surface area contributed by atoms with Crippen LogP contribution in [0.4, 0.5) is 5.69 Å². The van der Waals surface area contributed by atoms with E-state index in [0.29, 0.717) is 24.2 Å². The zero-order valence-corrected chi connectivity index (χ0v) is 15.2. The predicted octanol–water partition coefficient (Wildman–Crippen LogP) is 3.75. The van der Waals surface area contributed by atoms with Crippen molar-refractivity contribution >= 4 is 17.5 Å². The molecule has 0 radical (unpaired) electrons. The van der Waals surface area contributed by atoms with Gasteiger partial charge >= 0.3 is 0 Å². The van der Waals surface area contributed by atoms with Crippen molar-refractivity contribution in [1.82, 2.24) is 15.5 Å². The number of aromatic nitrogens is 2. The fourth-order valence-electron chi connectivity index (χ4n) is 2.77. The summed E-state index contributed by atoms with van der Waals surface area (Å²) in [5, 5.41) is 12.7. The van der Waals surface area contributed by atoms with Crippen LogP contribution < -0.4 is 10.6 Å². The topological polar surface area (TPSA) is 86.9 Å². The molecular formula is C21H22N4O2. The second-order valence-electron chi connectivity index (χ2n) is 6.21. The van der Waals surface area contributed by atoms with Crippen molar-refractivity contribution < 1.29 is 9.59 Å². The van der Waals surface area contributed by atoms with Crippen LogP contribution in [0.1, 0.15) is 35.7 Å². The van der Waals surface area contributed by atoms with Gasteiger partial charge in [0.1, 0.15) is 0 Å². The average molecular weight is 362 g/mol. The number of benzene rings is 2. The summed E-state index contributed by atoms with van der Waals surface area (Å²) in [4.78, 5) is 24.3. The Bertz CT molecular complexity index is 919. The minimum absolute atomic E-state index is 0.00964. The van der Waals surface area contributed by atoms with Crippen molar-refractivity contribution in [3.63, 3.8) is 0 Å². The number of hydrogen-bond acceptors (Lipinski definition) is 3. The van der Waals surface area contributed by atoms with E-state index in [9.17, 15) is 9.59 Å². The lowest BCUT2D eigenvalue weighted by Crippen LogP contribution is -2.23. The quantitative estimate of drug-likeness (QED) is 0.598. The molecule has 1 heterocycles. The van der Waals surface area contributed by atoms with Crippen LogP contribution in [-0.2, 0) is 11.3 Å². The molecule has 0 bridgehead atoms. The van der Waals surface area contributed by atoms with Crippen LogP contribution in [0.25, 0.3) is 11.3 Å². The molecule has 0 aliphatic heterocycles. The molecular weight excluding hydrogens is 340 g/mol. The van der Waals surface area contributed by atoms with Gasteiger partial charge in [0.2, 0.25) is 5.91 Å². The molecule has 6 nitrogen and oxygen atoms in total. The Labute approximate surface area is 158 Å². The normalized spacial score (nSPS) is 10.4. The summed E-state index contributed by atoms with van der Waals surface area (Å²) in [5.41, 5.74) is 3.72. The number of aromatic amines is 1. The van der Waals surface area contributed by atoms with Crippen molar-refractivity contribution in [2.75, 3.05) is 5.32 Å². The lowest BCUT2D eigenvalue weighted by Gasteiger charge is -2.09. The van der Waals surface area contributed by atoms with Crippen LogP contribution in [0, 0.1) is 0 Å². The number of anilines is 1. The number of hydrogen-bond donors (Lipinski definition) is 3. The summed E-state index contributed by atoms with van der Waals surface area (Å²) < 4.78 is 0. The van der Waals surface area contributed by atoms with Crippen molar-refractivity contribution in [2.24, 2.45) is 0 Å². The molecule has 0 atom stereocenters. The van der Waals surface area contributed by atoms with E-state index in [4.69, 9.17) is 0 Å². The molecule has 27 heavy (non-hydrogen) atoms. The zero-order chi connectivity index (χ0) is 19.1. The summed E-state index contributed by atoms with van der Waals surface area (Å²) in [6, 6.07) is 17.1. The van der Waals surface area contributed by atoms with E-state index in [1.807, 2.05) is 61.5 Å². The lowest BCUT2D eigenvalue weighted by atomic mass is 10.1. The Morgan fingerprint density at radius 1 is 1.07 bits per heavy atom. The third-order valence-corrected chi connectivity index (χ3v) is 4.09. The maximum absolute atomic E-state index is 12.6. The Hall–Kier alpha value is -3.41. The molecule has 0 unspecified atom stereocenters. The molecule has 2 aromatic carbocycles. The van der Waals surface area contributed by atoms with E-state index in [-0.39, 0.29) is 11.8 Å². The SMILES string of the molecule is CCCC(=O)Nc1cccc(CNC(=O)c2cn[nH]c2-c2ccccc2)c1. The molecule has 1 aromatic heterocycles. The average Bonchev–Trinajstić information content (AvgIpc) is 3.17. The van der Waals surface area contributed by atoms with Gasteiger partial charge in [-0.1, -0.05) is 49.4 Å². The molecule has 0 spiro atoms. The summed E-state index contributed by atoms with van der Waals surface area (Å²) in [6.45, 7) is 2.32. The van der Waals surface area contributed by atoms with Gasteiger partial charge in [0.05, 0.1) is 17.5 Å². The van der Waals surface area contributed by atoms with Gasteiger partial charge < -0.3 is 10.6 Å².